The molecule has 0 spiro atoms. The Balaban J connectivity index is 2.59. The van der Waals surface area contributed by atoms with Crippen LogP contribution in [0.1, 0.15) is 54.0 Å². The van der Waals surface area contributed by atoms with Gasteiger partial charge in [0, 0.05) is 18.9 Å². The number of carbonyl (C=O) groups is 3. The van der Waals surface area contributed by atoms with Crippen LogP contribution in [-0.4, -0.2) is 72.4 Å². The van der Waals surface area contributed by atoms with E-state index < -0.39 is 44.7 Å². The molecule has 0 bridgehead atoms. The van der Waals surface area contributed by atoms with E-state index in [1.807, 2.05) is 0 Å². The molecule has 0 N–H and O–H groups in total. The molecule has 0 saturated carbocycles. The maximum absolute atomic E-state index is 13.2. The number of ether oxygens (including phenoxy) is 2. The van der Waals surface area contributed by atoms with Gasteiger partial charge in [0.2, 0.25) is 5.54 Å². The molecule has 2 amide bonds. The quantitative estimate of drug-likeness (QED) is 0.460. The van der Waals surface area contributed by atoms with Gasteiger partial charge in [-0.2, -0.15) is 5.10 Å². The highest BCUT2D eigenvalue weighted by Crippen LogP contribution is 2.32. The minimum atomic E-state index is -3.46. The molecular formula is C22H31N3O8S. The van der Waals surface area contributed by atoms with Crippen molar-refractivity contribution in [3.05, 3.63) is 29.8 Å². The number of hydrogen-bond acceptors (Lipinski definition) is 9. The Morgan fingerprint density at radius 1 is 1.00 bits per heavy atom. The number of sulfone groups is 1. The Kier molecular flexibility index (Phi) is 7.09. The minimum Gasteiger partial charge on any atom is -0.442 e. The lowest BCUT2D eigenvalue weighted by atomic mass is 9.90. The second-order valence-electron chi connectivity index (χ2n) is 9.98. The van der Waals surface area contributed by atoms with E-state index in [0.717, 1.165) is 11.3 Å². The van der Waals surface area contributed by atoms with Crippen LogP contribution >= 0.6 is 0 Å². The molecule has 1 aliphatic heterocycles. The summed E-state index contributed by atoms with van der Waals surface area (Å²) < 4.78 is 34.2. The Bertz CT molecular complexity index is 1110. The van der Waals surface area contributed by atoms with Crippen molar-refractivity contribution >= 4 is 33.7 Å². The molecule has 1 aromatic rings. The van der Waals surface area contributed by atoms with Gasteiger partial charge in [-0.3, -0.25) is 9.63 Å². The SMILES string of the molecule is CN1N=C(c2ccc(S(C)(=O)=O)cc2)C(C)(N(OC(=O)OC(C)(C)C)C(=O)OC(C)(C)C)C1=O. The van der Waals surface area contributed by atoms with Crippen LogP contribution in [0.2, 0.25) is 0 Å². The van der Waals surface area contributed by atoms with Crippen molar-refractivity contribution < 1.29 is 37.1 Å². The minimum absolute atomic E-state index is 0.0365. The molecule has 1 unspecified atom stereocenters. The van der Waals surface area contributed by atoms with E-state index in [4.69, 9.17) is 14.3 Å². The zero-order valence-electron chi connectivity index (χ0n) is 20.8. The van der Waals surface area contributed by atoms with Gasteiger partial charge in [-0.05, 0) is 60.6 Å². The third-order valence-electron chi connectivity index (χ3n) is 4.50. The molecule has 11 nitrogen and oxygen atoms in total. The molecule has 34 heavy (non-hydrogen) atoms. The number of benzene rings is 1. The molecule has 0 aliphatic carbocycles. The highest BCUT2D eigenvalue weighted by Gasteiger charge is 2.57. The summed E-state index contributed by atoms with van der Waals surface area (Å²) in [6, 6.07) is 5.59. The summed E-state index contributed by atoms with van der Waals surface area (Å²) in [7, 11) is -2.09. The van der Waals surface area contributed by atoms with E-state index in [2.05, 4.69) is 5.10 Å². The number of carbonyl (C=O) groups excluding carboxylic acids is 3. The lowest BCUT2D eigenvalue weighted by molar-refractivity contribution is -0.176. The molecule has 2 rings (SSSR count). The van der Waals surface area contributed by atoms with Gasteiger partial charge in [-0.15, -0.1) is 5.06 Å². The first-order valence-electron chi connectivity index (χ1n) is 10.4. The molecule has 1 aromatic carbocycles. The average molecular weight is 498 g/mol. The Labute approximate surface area is 199 Å². The lowest BCUT2D eigenvalue weighted by Crippen LogP contribution is -2.61. The molecule has 0 radical (unpaired) electrons. The zero-order valence-corrected chi connectivity index (χ0v) is 21.6. The van der Waals surface area contributed by atoms with Gasteiger partial charge in [-0.1, -0.05) is 12.1 Å². The van der Waals surface area contributed by atoms with Gasteiger partial charge < -0.3 is 9.47 Å². The van der Waals surface area contributed by atoms with Gasteiger partial charge in [0.05, 0.1) is 4.90 Å². The zero-order chi connectivity index (χ0) is 26.3. The largest absolute Gasteiger partial charge is 0.534 e. The van der Waals surface area contributed by atoms with Gasteiger partial charge in [0.1, 0.15) is 16.9 Å². The van der Waals surface area contributed by atoms with Crippen molar-refractivity contribution in [3.8, 4) is 0 Å². The van der Waals surface area contributed by atoms with Crippen molar-refractivity contribution in [2.45, 2.75) is 70.1 Å². The smallest absolute Gasteiger partial charge is 0.442 e. The predicted octanol–water partition coefficient (Wildman–Crippen LogP) is 3.13. The Hall–Kier alpha value is -3.15. The van der Waals surface area contributed by atoms with E-state index in [1.54, 1.807) is 41.5 Å². The number of likely N-dealkylation sites (N-methyl/N-ethyl adjacent to an activating group) is 1. The fourth-order valence-electron chi connectivity index (χ4n) is 3.05. The summed E-state index contributed by atoms with van der Waals surface area (Å²) in [5.41, 5.74) is -3.50. The highest BCUT2D eigenvalue weighted by atomic mass is 32.2. The standard InChI is InChI=1S/C22H31N3O8S/c1-20(2,3)31-18(27)25(33-19(28)32-21(4,5)6)22(7)16(23-24(8)17(22)26)14-10-12-15(13-11-14)34(9,29)30/h10-13H,1-9H3. The highest BCUT2D eigenvalue weighted by molar-refractivity contribution is 7.90. The molecule has 188 valence electrons. The van der Waals surface area contributed by atoms with Crippen LogP contribution in [0.5, 0.6) is 0 Å². The van der Waals surface area contributed by atoms with Crippen LogP contribution in [0.15, 0.2) is 34.3 Å². The average Bonchev–Trinajstić information content (AvgIpc) is 2.87. The summed E-state index contributed by atoms with van der Waals surface area (Å²) in [5.74, 6) is -0.691. The van der Waals surface area contributed by atoms with Crippen molar-refractivity contribution in [3.63, 3.8) is 0 Å². The fourth-order valence-corrected chi connectivity index (χ4v) is 3.68. The van der Waals surface area contributed by atoms with E-state index >= 15 is 0 Å². The summed E-state index contributed by atoms with van der Waals surface area (Å²) in [4.78, 5) is 44.2. The second-order valence-corrected chi connectivity index (χ2v) is 12.0. The Morgan fingerprint density at radius 3 is 1.94 bits per heavy atom. The molecule has 1 heterocycles. The topological polar surface area (TPSA) is 132 Å². The molecular weight excluding hydrogens is 466 g/mol. The number of hydrazone groups is 1. The maximum atomic E-state index is 13.2. The number of hydroxylamine groups is 2. The van der Waals surface area contributed by atoms with Crippen LogP contribution in [0.3, 0.4) is 0 Å². The van der Waals surface area contributed by atoms with Gasteiger partial charge in [0.15, 0.2) is 9.84 Å². The van der Waals surface area contributed by atoms with Gasteiger partial charge in [0.25, 0.3) is 5.91 Å². The summed E-state index contributed by atoms with van der Waals surface area (Å²) in [6.07, 6.45) is -1.28. The fraction of sp³-hybridized carbons (Fsp3) is 0.545. The molecule has 1 atom stereocenters. The number of rotatable bonds is 3. The van der Waals surface area contributed by atoms with Gasteiger partial charge in [-0.25, -0.2) is 23.0 Å². The normalized spacial score (nSPS) is 18.9. The van der Waals surface area contributed by atoms with Crippen LogP contribution in [-0.2, 0) is 28.9 Å². The first kappa shape index (κ1) is 27.1. The van der Waals surface area contributed by atoms with Crippen LogP contribution in [0, 0.1) is 0 Å². The summed E-state index contributed by atoms with van der Waals surface area (Å²) >= 11 is 0. The van der Waals surface area contributed by atoms with E-state index in [1.165, 1.54) is 38.2 Å². The third-order valence-corrected chi connectivity index (χ3v) is 5.63. The molecule has 0 saturated heterocycles. The van der Waals surface area contributed by atoms with Crippen molar-refractivity contribution in [2.24, 2.45) is 5.10 Å². The molecule has 0 aromatic heterocycles. The van der Waals surface area contributed by atoms with E-state index in [0.29, 0.717) is 10.6 Å². The van der Waals surface area contributed by atoms with Crippen LogP contribution in [0.25, 0.3) is 0 Å². The van der Waals surface area contributed by atoms with Crippen LogP contribution in [0.4, 0.5) is 9.59 Å². The van der Waals surface area contributed by atoms with Crippen molar-refractivity contribution in [2.75, 3.05) is 13.3 Å². The summed E-state index contributed by atoms with van der Waals surface area (Å²) in [6.45, 7) is 11.0. The second kappa shape index (κ2) is 8.90. The van der Waals surface area contributed by atoms with Crippen LogP contribution < -0.4 is 0 Å². The molecule has 0 fully saturated rings. The third kappa shape index (κ3) is 6.04. The predicted molar refractivity (Wildman–Crippen MR) is 123 cm³/mol. The first-order chi connectivity index (χ1) is 15.3. The Morgan fingerprint density at radius 2 is 1.50 bits per heavy atom. The van der Waals surface area contributed by atoms with Crippen molar-refractivity contribution in [1.29, 1.82) is 0 Å². The number of nitrogens with zero attached hydrogens (tertiary/aromatic N) is 3. The van der Waals surface area contributed by atoms with E-state index in [-0.39, 0.29) is 10.6 Å². The summed E-state index contributed by atoms with van der Waals surface area (Å²) in [5, 5.41) is 5.73. The molecule has 1 aliphatic rings. The number of hydrogen-bond donors (Lipinski definition) is 0. The van der Waals surface area contributed by atoms with Crippen molar-refractivity contribution in [1.82, 2.24) is 10.1 Å². The van der Waals surface area contributed by atoms with E-state index in [9.17, 15) is 22.8 Å². The number of amides is 2. The van der Waals surface area contributed by atoms with Gasteiger partial charge >= 0.3 is 12.2 Å². The first-order valence-corrected chi connectivity index (χ1v) is 12.3. The molecule has 12 heteroatoms. The maximum Gasteiger partial charge on any atom is 0.534 e. The monoisotopic (exact) mass is 497 g/mol. The lowest BCUT2D eigenvalue weighted by Gasteiger charge is -2.36.